The third-order valence-electron chi connectivity index (χ3n) is 3.82. The Balaban J connectivity index is 2.37. The highest BCUT2D eigenvalue weighted by molar-refractivity contribution is 7.98. The number of halogens is 1. The lowest BCUT2D eigenvalue weighted by Gasteiger charge is -2.30. The zero-order valence-corrected chi connectivity index (χ0v) is 14.2. The van der Waals surface area contributed by atoms with E-state index in [9.17, 15) is 0 Å². The van der Waals surface area contributed by atoms with Gasteiger partial charge in [0.1, 0.15) is 0 Å². The SMILES string of the molecule is CSc1cccc(N(C)C(C)c2cccc(Cl)c2)c1CN. The molecule has 0 aliphatic rings. The highest BCUT2D eigenvalue weighted by atomic mass is 35.5. The molecule has 2 aromatic rings. The molecule has 1 atom stereocenters. The predicted octanol–water partition coefficient (Wildman–Crippen LogP) is 4.72. The Kier molecular flexibility index (Phi) is 5.57. The van der Waals surface area contributed by atoms with Crippen molar-refractivity contribution in [3.8, 4) is 0 Å². The second-order valence-electron chi connectivity index (χ2n) is 5.00. The second kappa shape index (κ2) is 7.21. The fraction of sp³-hybridized carbons (Fsp3) is 0.294. The first-order chi connectivity index (χ1) is 10.1. The number of anilines is 1. The van der Waals surface area contributed by atoms with Crippen LogP contribution in [0.2, 0.25) is 5.02 Å². The summed E-state index contributed by atoms with van der Waals surface area (Å²) in [6.45, 7) is 2.72. The molecular formula is C17H21ClN2S. The highest BCUT2D eigenvalue weighted by Gasteiger charge is 2.16. The minimum absolute atomic E-state index is 0.228. The van der Waals surface area contributed by atoms with Gasteiger partial charge in [-0.1, -0.05) is 29.8 Å². The van der Waals surface area contributed by atoms with Gasteiger partial charge in [0.15, 0.2) is 0 Å². The summed E-state index contributed by atoms with van der Waals surface area (Å²) in [5, 5.41) is 0.768. The average Bonchev–Trinajstić information content (AvgIpc) is 2.52. The number of rotatable bonds is 5. The van der Waals surface area contributed by atoms with E-state index in [1.807, 2.05) is 18.2 Å². The highest BCUT2D eigenvalue weighted by Crippen LogP contribution is 2.33. The molecule has 0 radical (unpaired) electrons. The van der Waals surface area contributed by atoms with Crippen LogP contribution in [0, 0.1) is 0 Å². The summed E-state index contributed by atoms with van der Waals surface area (Å²) < 4.78 is 0. The molecule has 0 amide bonds. The van der Waals surface area contributed by atoms with Crippen LogP contribution in [0.4, 0.5) is 5.69 Å². The molecule has 0 saturated carbocycles. The number of nitrogens with two attached hydrogens (primary N) is 1. The summed E-state index contributed by atoms with van der Waals surface area (Å²) >= 11 is 7.84. The molecule has 4 heteroatoms. The zero-order valence-electron chi connectivity index (χ0n) is 12.6. The molecule has 0 aliphatic carbocycles. The molecule has 0 saturated heterocycles. The number of benzene rings is 2. The topological polar surface area (TPSA) is 29.3 Å². The zero-order chi connectivity index (χ0) is 15.4. The van der Waals surface area contributed by atoms with Crippen molar-refractivity contribution in [2.45, 2.75) is 24.4 Å². The van der Waals surface area contributed by atoms with Gasteiger partial charge in [-0.05, 0) is 43.0 Å². The van der Waals surface area contributed by atoms with Gasteiger partial charge in [0.05, 0.1) is 6.04 Å². The van der Waals surface area contributed by atoms with Crippen LogP contribution in [-0.2, 0) is 6.54 Å². The first-order valence-electron chi connectivity index (χ1n) is 6.92. The molecule has 2 nitrogen and oxygen atoms in total. The molecule has 0 spiro atoms. The van der Waals surface area contributed by atoms with Crippen LogP contribution in [0.1, 0.15) is 24.1 Å². The minimum atomic E-state index is 0.228. The van der Waals surface area contributed by atoms with Gasteiger partial charge in [-0.25, -0.2) is 0 Å². The fourth-order valence-corrected chi connectivity index (χ4v) is 3.33. The van der Waals surface area contributed by atoms with Gasteiger partial charge in [-0.3, -0.25) is 0 Å². The van der Waals surface area contributed by atoms with Gasteiger partial charge in [0.25, 0.3) is 0 Å². The van der Waals surface area contributed by atoms with Crippen LogP contribution in [-0.4, -0.2) is 13.3 Å². The van der Waals surface area contributed by atoms with Gasteiger partial charge in [0, 0.05) is 34.8 Å². The van der Waals surface area contributed by atoms with E-state index >= 15 is 0 Å². The van der Waals surface area contributed by atoms with Crippen molar-refractivity contribution in [1.82, 2.24) is 0 Å². The summed E-state index contributed by atoms with van der Waals surface area (Å²) in [7, 11) is 2.10. The quantitative estimate of drug-likeness (QED) is 0.808. The Morgan fingerprint density at radius 2 is 1.95 bits per heavy atom. The van der Waals surface area contributed by atoms with E-state index in [2.05, 4.69) is 49.4 Å². The van der Waals surface area contributed by atoms with E-state index in [0.717, 1.165) is 5.02 Å². The Morgan fingerprint density at radius 3 is 2.57 bits per heavy atom. The molecule has 21 heavy (non-hydrogen) atoms. The largest absolute Gasteiger partial charge is 0.368 e. The number of hydrogen-bond donors (Lipinski definition) is 1. The van der Waals surface area contributed by atoms with Crippen molar-refractivity contribution < 1.29 is 0 Å². The minimum Gasteiger partial charge on any atom is -0.368 e. The molecule has 0 bridgehead atoms. The van der Waals surface area contributed by atoms with Crippen LogP contribution in [0.5, 0.6) is 0 Å². The summed E-state index contributed by atoms with van der Waals surface area (Å²) in [6, 6.07) is 14.6. The first-order valence-corrected chi connectivity index (χ1v) is 8.53. The first kappa shape index (κ1) is 16.2. The Bertz CT molecular complexity index is 615. The van der Waals surface area contributed by atoms with E-state index < -0.39 is 0 Å². The maximum atomic E-state index is 6.10. The van der Waals surface area contributed by atoms with Crippen molar-refractivity contribution in [2.24, 2.45) is 5.73 Å². The molecule has 2 aromatic carbocycles. The average molecular weight is 321 g/mol. The van der Waals surface area contributed by atoms with Crippen LogP contribution < -0.4 is 10.6 Å². The van der Waals surface area contributed by atoms with Gasteiger partial charge >= 0.3 is 0 Å². The van der Waals surface area contributed by atoms with Crippen LogP contribution in [0.3, 0.4) is 0 Å². The summed E-state index contributed by atoms with van der Waals surface area (Å²) in [5.74, 6) is 0. The molecule has 0 fully saturated rings. The van der Waals surface area contributed by atoms with Crippen molar-refractivity contribution in [1.29, 1.82) is 0 Å². The van der Waals surface area contributed by atoms with Crippen molar-refractivity contribution in [3.63, 3.8) is 0 Å². The molecular weight excluding hydrogens is 300 g/mol. The number of thioether (sulfide) groups is 1. The second-order valence-corrected chi connectivity index (χ2v) is 6.29. The van der Waals surface area contributed by atoms with Crippen LogP contribution in [0.25, 0.3) is 0 Å². The van der Waals surface area contributed by atoms with Gasteiger partial charge in [-0.15, -0.1) is 11.8 Å². The lowest BCUT2D eigenvalue weighted by molar-refractivity contribution is 0.733. The van der Waals surface area contributed by atoms with Crippen LogP contribution >= 0.6 is 23.4 Å². The van der Waals surface area contributed by atoms with Crippen LogP contribution in [0.15, 0.2) is 47.4 Å². The standard InChI is InChI=1S/C17H21ClN2S/c1-12(13-6-4-7-14(18)10-13)20(2)16-8-5-9-17(21-3)15(16)11-19/h4-10,12H,11,19H2,1-3H3. The van der Waals surface area contributed by atoms with E-state index in [-0.39, 0.29) is 6.04 Å². The third-order valence-corrected chi connectivity index (χ3v) is 4.88. The molecule has 0 heterocycles. The Morgan fingerprint density at radius 1 is 1.24 bits per heavy atom. The van der Waals surface area contributed by atoms with Crippen molar-refractivity contribution >= 4 is 29.1 Å². The normalized spacial score (nSPS) is 12.2. The smallest absolute Gasteiger partial charge is 0.0511 e. The molecule has 1 unspecified atom stereocenters. The van der Waals surface area contributed by atoms with E-state index in [0.29, 0.717) is 6.54 Å². The molecule has 0 aromatic heterocycles. The number of nitrogens with zero attached hydrogens (tertiary/aromatic N) is 1. The number of hydrogen-bond acceptors (Lipinski definition) is 3. The lowest BCUT2D eigenvalue weighted by Crippen LogP contribution is -2.23. The third kappa shape index (κ3) is 3.54. The summed E-state index contributed by atoms with van der Waals surface area (Å²) in [4.78, 5) is 3.49. The van der Waals surface area contributed by atoms with Crippen molar-refractivity contribution in [3.05, 3.63) is 58.6 Å². The maximum absolute atomic E-state index is 6.10. The predicted molar refractivity (Wildman–Crippen MR) is 94.4 cm³/mol. The van der Waals surface area contributed by atoms with Gasteiger partial charge < -0.3 is 10.6 Å². The summed E-state index contributed by atoms with van der Waals surface area (Å²) in [5.41, 5.74) is 9.54. The van der Waals surface area contributed by atoms with E-state index in [1.165, 1.54) is 21.7 Å². The van der Waals surface area contributed by atoms with Crippen molar-refractivity contribution in [2.75, 3.05) is 18.2 Å². The Hall–Kier alpha value is -1.16. The lowest BCUT2D eigenvalue weighted by atomic mass is 10.0. The van der Waals surface area contributed by atoms with Gasteiger partial charge in [0.2, 0.25) is 0 Å². The summed E-state index contributed by atoms with van der Waals surface area (Å²) in [6.07, 6.45) is 2.08. The van der Waals surface area contributed by atoms with Gasteiger partial charge in [-0.2, -0.15) is 0 Å². The monoisotopic (exact) mass is 320 g/mol. The maximum Gasteiger partial charge on any atom is 0.0511 e. The fourth-order valence-electron chi connectivity index (χ4n) is 2.48. The molecule has 2 rings (SSSR count). The Labute approximate surface area is 136 Å². The molecule has 0 aliphatic heterocycles. The van der Waals surface area contributed by atoms with E-state index in [4.69, 9.17) is 17.3 Å². The molecule has 2 N–H and O–H groups in total. The van der Waals surface area contributed by atoms with E-state index in [1.54, 1.807) is 11.8 Å². The molecule has 112 valence electrons.